The molecule has 0 bridgehead atoms. The smallest absolute Gasteiger partial charge is 0.211 e. The molecule has 2 atom stereocenters. The van der Waals surface area contributed by atoms with Crippen LogP contribution in [-0.4, -0.2) is 27.8 Å². The molecular weight excluding hydrogens is 382 g/mol. The molecule has 0 spiro atoms. The van der Waals surface area contributed by atoms with Crippen LogP contribution in [0.5, 0.6) is 5.88 Å². The van der Waals surface area contributed by atoms with Gasteiger partial charge in [0.1, 0.15) is 6.29 Å². The molecule has 1 saturated carbocycles. The van der Waals surface area contributed by atoms with Gasteiger partial charge >= 0.3 is 0 Å². The number of rotatable bonds is 4. The summed E-state index contributed by atoms with van der Waals surface area (Å²) < 4.78 is 5.90. The fourth-order valence-corrected chi connectivity index (χ4v) is 5.25. The largest absolute Gasteiger partial charge is 0.478 e. The molecule has 1 aliphatic carbocycles. The summed E-state index contributed by atoms with van der Waals surface area (Å²) in [5, 5.41) is 0. The van der Waals surface area contributed by atoms with Crippen molar-refractivity contribution >= 4 is 27.9 Å². The summed E-state index contributed by atoms with van der Waals surface area (Å²) >= 11 is 1.80. The van der Waals surface area contributed by atoms with Crippen molar-refractivity contribution in [3.05, 3.63) is 71.0 Å². The average molecular weight is 406 g/mol. The highest BCUT2D eigenvalue weighted by atomic mass is 32.2. The van der Waals surface area contributed by atoms with Crippen LogP contribution in [0, 0.1) is 12.8 Å². The number of allylic oxidation sites excluding steroid dienone is 2. The lowest BCUT2D eigenvalue weighted by atomic mass is 9.97. The van der Waals surface area contributed by atoms with Gasteiger partial charge in [0.2, 0.25) is 5.88 Å². The predicted octanol–water partition coefficient (Wildman–Crippen LogP) is 5.14. The highest BCUT2D eigenvalue weighted by molar-refractivity contribution is 8.16. The molecule has 0 aromatic carbocycles. The van der Waals surface area contributed by atoms with Gasteiger partial charge in [-0.1, -0.05) is 23.9 Å². The Bertz CT molecular complexity index is 1060. The Kier molecular flexibility index (Phi) is 4.79. The van der Waals surface area contributed by atoms with Crippen molar-refractivity contribution in [3.63, 3.8) is 0 Å². The van der Waals surface area contributed by atoms with Gasteiger partial charge < -0.3 is 19.5 Å². The Labute approximate surface area is 174 Å². The second kappa shape index (κ2) is 7.59. The standard InChI is InChI=1S/C23H23N3O2S/c1-14-4-5-19(26-21-15(6-9-27)7-10-28-23(21)25-14)20-12-17-11-18(17)22(29-20)16-3-2-8-24-13-16/h2-5,8-9,12-13,15,17,25-26H,6-7,10-11H2,1H3. The third-order valence-corrected chi connectivity index (χ3v) is 6.88. The lowest BCUT2D eigenvalue weighted by Gasteiger charge is -2.24. The summed E-state index contributed by atoms with van der Waals surface area (Å²) in [7, 11) is 0. The molecule has 2 aromatic rings. The topological polar surface area (TPSA) is 70.8 Å². The number of ether oxygens (including phenoxy) is 1. The number of aromatic amines is 2. The summed E-state index contributed by atoms with van der Waals surface area (Å²) in [5.41, 5.74) is 5.72. The minimum atomic E-state index is 0.136. The Morgan fingerprint density at radius 3 is 3.07 bits per heavy atom. The molecule has 6 heteroatoms. The molecule has 4 heterocycles. The molecule has 0 radical (unpaired) electrons. The molecule has 3 aliphatic rings. The Morgan fingerprint density at radius 1 is 1.31 bits per heavy atom. The fraction of sp³-hybridized carbons (Fsp3) is 0.304. The van der Waals surface area contributed by atoms with E-state index in [0.29, 0.717) is 18.9 Å². The van der Waals surface area contributed by atoms with Gasteiger partial charge in [-0.3, -0.25) is 4.98 Å². The maximum Gasteiger partial charge on any atom is 0.211 e. The molecule has 29 heavy (non-hydrogen) atoms. The van der Waals surface area contributed by atoms with Gasteiger partial charge in [-0.2, -0.15) is 0 Å². The van der Waals surface area contributed by atoms with Gasteiger partial charge in [0.05, 0.1) is 18.0 Å². The zero-order chi connectivity index (χ0) is 19.8. The molecule has 5 rings (SSSR count). The zero-order valence-electron chi connectivity index (χ0n) is 16.3. The van der Waals surface area contributed by atoms with E-state index in [4.69, 9.17) is 4.74 Å². The summed E-state index contributed by atoms with van der Waals surface area (Å²) in [6, 6.07) is 8.30. The van der Waals surface area contributed by atoms with E-state index < -0.39 is 0 Å². The van der Waals surface area contributed by atoms with E-state index in [9.17, 15) is 4.79 Å². The number of aldehydes is 1. The van der Waals surface area contributed by atoms with Crippen LogP contribution < -0.4 is 4.74 Å². The highest BCUT2D eigenvalue weighted by Crippen LogP contribution is 2.57. The fourth-order valence-electron chi connectivity index (χ4n) is 3.96. The van der Waals surface area contributed by atoms with E-state index in [2.05, 4.69) is 39.2 Å². The van der Waals surface area contributed by atoms with Crippen molar-refractivity contribution in [2.45, 2.75) is 32.1 Å². The van der Waals surface area contributed by atoms with Crippen LogP contribution in [0.25, 0.3) is 9.81 Å². The number of carbonyl (C=O) groups excluding carboxylic acids is 1. The van der Waals surface area contributed by atoms with Crippen LogP contribution in [0.15, 0.2) is 48.3 Å². The van der Waals surface area contributed by atoms with E-state index in [-0.39, 0.29) is 5.92 Å². The van der Waals surface area contributed by atoms with Crippen molar-refractivity contribution in [1.29, 1.82) is 0 Å². The van der Waals surface area contributed by atoms with Crippen LogP contribution >= 0.6 is 11.8 Å². The van der Waals surface area contributed by atoms with E-state index in [1.54, 1.807) is 11.8 Å². The zero-order valence-corrected chi connectivity index (χ0v) is 17.1. The summed E-state index contributed by atoms with van der Waals surface area (Å²) in [5.74, 6) is 1.38. The number of hydrogen-bond acceptors (Lipinski definition) is 4. The Morgan fingerprint density at radius 2 is 2.24 bits per heavy atom. The van der Waals surface area contributed by atoms with Crippen LogP contribution in [0.2, 0.25) is 0 Å². The minimum absolute atomic E-state index is 0.136. The first-order chi connectivity index (χ1) is 14.2. The normalized spacial score (nSPS) is 22.0. The van der Waals surface area contributed by atoms with Gasteiger partial charge in [-0.15, -0.1) is 0 Å². The molecule has 2 unspecified atom stereocenters. The number of aromatic nitrogens is 3. The summed E-state index contributed by atoms with van der Waals surface area (Å²) in [4.78, 5) is 25.0. The van der Waals surface area contributed by atoms with Gasteiger partial charge in [-0.05, 0) is 43.5 Å². The number of fused-ring (bicyclic) bond motifs is 2. The first kappa shape index (κ1) is 18.3. The maximum atomic E-state index is 11.2. The maximum absolute atomic E-state index is 11.2. The van der Waals surface area contributed by atoms with E-state index >= 15 is 0 Å². The van der Waals surface area contributed by atoms with Crippen LogP contribution in [0.3, 0.4) is 0 Å². The lowest BCUT2D eigenvalue weighted by molar-refractivity contribution is -0.108. The number of hydrogen-bond donors (Lipinski definition) is 2. The first-order valence-electron chi connectivity index (χ1n) is 9.99. The number of pyridine rings is 1. The first-order valence-corrected chi connectivity index (χ1v) is 10.8. The molecule has 5 nitrogen and oxygen atoms in total. The number of thioether (sulfide) groups is 1. The molecule has 2 aliphatic heterocycles. The van der Waals surface area contributed by atoms with Gasteiger partial charge in [0.25, 0.3) is 0 Å². The third kappa shape index (κ3) is 3.65. The van der Waals surface area contributed by atoms with Crippen molar-refractivity contribution in [1.82, 2.24) is 15.0 Å². The summed E-state index contributed by atoms with van der Waals surface area (Å²) in [6.07, 6.45) is 9.56. The van der Waals surface area contributed by atoms with Crippen molar-refractivity contribution in [2.24, 2.45) is 5.92 Å². The number of H-pyrrole nitrogens is 2. The van der Waals surface area contributed by atoms with Crippen molar-refractivity contribution in [3.8, 4) is 5.88 Å². The average Bonchev–Trinajstić information content (AvgIpc) is 3.51. The van der Waals surface area contributed by atoms with Gasteiger partial charge in [-0.25, -0.2) is 0 Å². The molecule has 2 N–H and O–H groups in total. The second-order valence-corrected chi connectivity index (χ2v) is 8.75. The number of nitrogens with zero attached hydrogens (tertiary/aromatic N) is 1. The second-order valence-electron chi connectivity index (χ2n) is 7.70. The van der Waals surface area contributed by atoms with Crippen LogP contribution in [0.1, 0.15) is 47.8 Å². The molecule has 1 fully saturated rings. The molecule has 0 saturated heterocycles. The molecule has 0 amide bonds. The third-order valence-electron chi connectivity index (χ3n) is 5.60. The SMILES string of the molecule is Cc1ccc(C2=CC3CC3=C(c3cccnc3)S2)[nH]c2c([nH]1)OCCC2CC=O. The monoisotopic (exact) mass is 405 g/mol. The predicted molar refractivity (Wildman–Crippen MR) is 116 cm³/mol. The van der Waals surface area contributed by atoms with Gasteiger partial charge in [0.15, 0.2) is 0 Å². The van der Waals surface area contributed by atoms with E-state index in [0.717, 1.165) is 42.1 Å². The highest BCUT2D eigenvalue weighted by Gasteiger charge is 2.36. The van der Waals surface area contributed by atoms with Crippen molar-refractivity contribution in [2.75, 3.05) is 6.61 Å². The number of nitrogens with one attached hydrogen (secondary N) is 2. The van der Waals surface area contributed by atoms with E-state index in [1.165, 1.54) is 20.9 Å². The Hall–Kier alpha value is -2.73. The molecular formula is C23H23N3O2S. The van der Waals surface area contributed by atoms with Crippen LogP contribution in [0.4, 0.5) is 0 Å². The quantitative estimate of drug-likeness (QED) is 0.691. The molecule has 2 aromatic heterocycles. The number of carbonyl (C=O) groups is 1. The van der Waals surface area contributed by atoms with Crippen molar-refractivity contribution < 1.29 is 9.53 Å². The van der Waals surface area contributed by atoms with E-state index in [1.807, 2.05) is 25.4 Å². The summed E-state index contributed by atoms with van der Waals surface area (Å²) in [6.45, 7) is 2.65. The number of aryl methyl sites for hydroxylation is 1. The minimum Gasteiger partial charge on any atom is -0.478 e. The van der Waals surface area contributed by atoms with Gasteiger partial charge in [0, 0.05) is 51.7 Å². The molecule has 148 valence electrons. The van der Waals surface area contributed by atoms with Crippen LogP contribution in [-0.2, 0) is 4.79 Å². The Balaban J connectivity index is 1.57. The lowest BCUT2D eigenvalue weighted by Crippen LogP contribution is -2.17.